The van der Waals surface area contributed by atoms with Crippen LogP contribution in [0.4, 0.5) is 5.13 Å². The van der Waals surface area contributed by atoms with E-state index in [9.17, 15) is 9.90 Å². The second kappa shape index (κ2) is 7.30. The first kappa shape index (κ1) is 14.9. The third-order valence-electron chi connectivity index (χ3n) is 2.49. The fraction of sp³-hybridized carbons (Fsp3) is 0.143. The number of benzene rings is 1. The van der Waals surface area contributed by atoms with Gasteiger partial charge in [-0.25, -0.2) is 0 Å². The molecule has 0 fully saturated rings. The molecule has 0 saturated carbocycles. The first-order chi connectivity index (χ1) is 10.1. The molecule has 0 spiro atoms. The first-order valence-electron chi connectivity index (χ1n) is 6.15. The van der Waals surface area contributed by atoms with Gasteiger partial charge in [0.05, 0.1) is 11.3 Å². The zero-order chi connectivity index (χ0) is 15.1. The number of azo groups is 1. The molecule has 1 aromatic heterocycles. The molecule has 0 aliphatic carbocycles. The molecule has 1 heterocycles. The summed E-state index contributed by atoms with van der Waals surface area (Å²) in [5.41, 5.74) is 1.17. The van der Waals surface area contributed by atoms with Crippen LogP contribution in [0.15, 0.2) is 52.8 Å². The Morgan fingerprint density at radius 2 is 2.10 bits per heavy atom. The number of carboxylic acids is 1. The molecule has 1 aromatic carbocycles. The Kier molecular flexibility index (Phi) is 5.16. The fourth-order valence-electron chi connectivity index (χ4n) is 1.56. The summed E-state index contributed by atoms with van der Waals surface area (Å²) in [7, 11) is 0. The molecule has 0 aliphatic rings. The lowest BCUT2D eigenvalue weighted by molar-refractivity contribution is -0.136. The highest BCUT2D eigenvalue weighted by molar-refractivity contribution is 7.15. The lowest BCUT2D eigenvalue weighted by Gasteiger charge is -1.92. The highest BCUT2D eigenvalue weighted by Gasteiger charge is 2.12. The molecule has 2 N–H and O–H groups in total. The Balaban J connectivity index is 1.91. The van der Waals surface area contributed by atoms with Crippen molar-refractivity contribution in [3.8, 4) is 5.88 Å². The summed E-state index contributed by atoms with van der Waals surface area (Å²) in [6.45, 7) is 0. The Hall–Kier alpha value is -2.54. The molecule has 0 aliphatic heterocycles. The molecule has 0 radical (unpaired) electrons. The zero-order valence-corrected chi connectivity index (χ0v) is 11.8. The fourth-order valence-corrected chi connectivity index (χ4v) is 2.33. The second-order valence-electron chi connectivity index (χ2n) is 4.10. The van der Waals surface area contributed by atoms with Crippen molar-refractivity contribution in [2.24, 2.45) is 10.2 Å². The summed E-state index contributed by atoms with van der Waals surface area (Å²) in [4.78, 5) is 14.6. The van der Waals surface area contributed by atoms with Crippen molar-refractivity contribution in [2.45, 2.75) is 12.8 Å². The van der Waals surface area contributed by atoms with Crippen LogP contribution in [0.5, 0.6) is 5.88 Å². The zero-order valence-electron chi connectivity index (χ0n) is 11.0. The van der Waals surface area contributed by atoms with Gasteiger partial charge in [-0.3, -0.25) is 4.79 Å². The number of hydrogen-bond donors (Lipinski definition) is 2. The maximum atomic E-state index is 10.6. The lowest BCUT2D eigenvalue weighted by Crippen LogP contribution is -1.97. The molecule has 0 amide bonds. The maximum Gasteiger partial charge on any atom is 0.308 e. The topological polar surface area (TPSA) is 95.1 Å². The molecule has 21 heavy (non-hydrogen) atoms. The molecular weight excluding hydrogens is 290 g/mol. The van der Waals surface area contributed by atoms with Gasteiger partial charge in [-0.1, -0.05) is 47.7 Å². The molecule has 0 bridgehead atoms. The number of rotatable bonds is 6. The third kappa shape index (κ3) is 4.81. The van der Waals surface area contributed by atoms with E-state index in [4.69, 9.17) is 5.11 Å². The number of aromatic nitrogens is 1. The van der Waals surface area contributed by atoms with Crippen molar-refractivity contribution >= 4 is 22.4 Å². The van der Waals surface area contributed by atoms with Crippen LogP contribution in [0.2, 0.25) is 0 Å². The average molecular weight is 303 g/mol. The van der Waals surface area contributed by atoms with Gasteiger partial charge >= 0.3 is 5.97 Å². The van der Waals surface area contributed by atoms with E-state index in [0.29, 0.717) is 0 Å². The summed E-state index contributed by atoms with van der Waals surface area (Å²) in [5, 5.41) is 26.0. The largest absolute Gasteiger partial charge is 0.492 e. The minimum absolute atomic E-state index is 0.230. The third-order valence-corrected chi connectivity index (χ3v) is 3.42. The Morgan fingerprint density at radius 1 is 1.33 bits per heavy atom. The Morgan fingerprint density at radius 3 is 2.81 bits per heavy atom. The molecule has 2 aromatic rings. The SMILES string of the molecule is O=C(O)Cc1sc(N=N/C=C/Cc2ccccc2)nc1O. The highest BCUT2D eigenvalue weighted by atomic mass is 32.1. The van der Waals surface area contributed by atoms with E-state index in [2.05, 4.69) is 15.2 Å². The van der Waals surface area contributed by atoms with E-state index in [1.807, 2.05) is 36.4 Å². The van der Waals surface area contributed by atoms with Gasteiger partial charge in [0.25, 0.3) is 0 Å². The molecule has 6 nitrogen and oxygen atoms in total. The predicted octanol–water partition coefficient (Wildman–Crippen LogP) is 3.32. The monoisotopic (exact) mass is 303 g/mol. The number of aliphatic carboxylic acids is 1. The lowest BCUT2D eigenvalue weighted by atomic mass is 10.1. The van der Waals surface area contributed by atoms with E-state index >= 15 is 0 Å². The summed E-state index contributed by atoms with van der Waals surface area (Å²) in [6.07, 6.45) is 3.86. The van der Waals surface area contributed by atoms with Crippen molar-refractivity contribution in [3.63, 3.8) is 0 Å². The van der Waals surface area contributed by atoms with Crippen LogP contribution in [-0.2, 0) is 17.6 Å². The van der Waals surface area contributed by atoms with Gasteiger partial charge in [-0.15, -0.1) is 5.11 Å². The van der Waals surface area contributed by atoms with Gasteiger partial charge in [0.2, 0.25) is 11.0 Å². The normalized spacial score (nSPS) is 11.4. The van der Waals surface area contributed by atoms with Crippen LogP contribution in [-0.4, -0.2) is 21.2 Å². The van der Waals surface area contributed by atoms with E-state index < -0.39 is 5.97 Å². The van der Waals surface area contributed by atoms with Crippen molar-refractivity contribution < 1.29 is 15.0 Å². The minimum Gasteiger partial charge on any atom is -0.492 e. The van der Waals surface area contributed by atoms with Gasteiger partial charge < -0.3 is 10.2 Å². The Bertz CT molecular complexity index is 665. The van der Waals surface area contributed by atoms with Gasteiger partial charge in [0, 0.05) is 6.20 Å². The maximum absolute atomic E-state index is 10.6. The molecule has 0 unspecified atom stereocenters. The van der Waals surface area contributed by atoms with E-state index in [1.54, 1.807) is 6.20 Å². The smallest absolute Gasteiger partial charge is 0.308 e. The summed E-state index contributed by atoms with van der Waals surface area (Å²) in [5.74, 6) is -1.33. The second-order valence-corrected chi connectivity index (χ2v) is 5.17. The van der Waals surface area contributed by atoms with Crippen molar-refractivity contribution in [1.29, 1.82) is 0 Å². The number of carbonyl (C=O) groups is 1. The number of allylic oxidation sites excluding steroid dienone is 1. The summed E-state index contributed by atoms with van der Waals surface area (Å²) >= 11 is 1.01. The molecule has 0 atom stereocenters. The first-order valence-corrected chi connectivity index (χ1v) is 6.97. The van der Waals surface area contributed by atoms with Crippen LogP contribution >= 0.6 is 11.3 Å². The van der Waals surface area contributed by atoms with Crippen LogP contribution in [0.25, 0.3) is 0 Å². The summed E-state index contributed by atoms with van der Waals surface area (Å²) in [6, 6.07) is 9.91. The van der Waals surface area contributed by atoms with Crippen LogP contribution in [0.3, 0.4) is 0 Å². The molecule has 2 rings (SSSR count). The van der Waals surface area contributed by atoms with Crippen LogP contribution < -0.4 is 0 Å². The summed E-state index contributed by atoms with van der Waals surface area (Å²) < 4.78 is 0. The quantitative estimate of drug-likeness (QED) is 0.800. The van der Waals surface area contributed by atoms with Crippen molar-refractivity contribution in [3.05, 3.63) is 53.0 Å². The molecule has 7 heteroatoms. The molecule has 0 saturated heterocycles. The van der Waals surface area contributed by atoms with Crippen LogP contribution in [0.1, 0.15) is 10.4 Å². The number of aromatic hydroxyl groups is 1. The van der Waals surface area contributed by atoms with E-state index in [-0.39, 0.29) is 22.3 Å². The average Bonchev–Trinajstić information content (AvgIpc) is 2.79. The number of nitrogens with zero attached hydrogens (tertiary/aromatic N) is 3. The Labute approximate surface area is 125 Å². The predicted molar refractivity (Wildman–Crippen MR) is 78.9 cm³/mol. The number of carboxylic acid groups (broad SMARTS) is 1. The van der Waals surface area contributed by atoms with Gasteiger partial charge in [-0.2, -0.15) is 10.1 Å². The van der Waals surface area contributed by atoms with Gasteiger partial charge in [0.15, 0.2) is 0 Å². The van der Waals surface area contributed by atoms with Gasteiger partial charge in [0.1, 0.15) is 0 Å². The number of thiazole rings is 1. The van der Waals surface area contributed by atoms with Gasteiger partial charge in [-0.05, 0) is 12.0 Å². The van der Waals surface area contributed by atoms with E-state index in [0.717, 1.165) is 17.8 Å². The minimum atomic E-state index is -1.03. The van der Waals surface area contributed by atoms with Crippen molar-refractivity contribution in [2.75, 3.05) is 0 Å². The molecule has 108 valence electrons. The standard InChI is InChI=1S/C14H13N3O3S/c18-12(19)9-11-13(20)16-14(21-11)17-15-8-4-7-10-5-2-1-3-6-10/h1-6,8,20H,7,9H2,(H,18,19)/b8-4+,17-15?. The van der Waals surface area contributed by atoms with E-state index in [1.165, 1.54) is 5.56 Å². The van der Waals surface area contributed by atoms with Crippen molar-refractivity contribution in [1.82, 2.24) is 4.98 Å². The molecular formula is C14H13N3O3S. The highest BCUT2D eigenvalue weighted by Crippen LogP contribution is 2.30. The number of hydrogen-bond acceptors (Lipinski definition) is 6. The van der Waals surface area contributed by atoms with Crippen LogP contribution in [0, 0.1) is 0 Å².